The van der Waals surface area contributed by atoms with Gasteiger partial charge in [-0.15, -0.1) is 0 Å². The van der Waals surface area contributed by atoms with Gasteiger partial charge in [-0.25, -0.2) is 5.48 Å². The van der Waals surface area contributed by atoms with E-state index in [9.17, 15) is 0 Å². The largest absolute Gasteiger partial charge is 0.317 e. The van der Waals surface area contributed by atoms with Crippen LogP contribution in [-0.2, 0) is 0 Å². The molecule has 8 heavy (non-hydrogen) atoms. The number of rotatable bonds is 2. The summed E-state index contributed by atoms with van der Waals surface area (Å²) in [5.41, 5.74) is 2.16. The number of nitrogens with one attached hydrogen (secondary N) is 1. The van der Waals surface area contributed by atoms with E-state index in [0.717, 1.165) is 0 Å². The summed E-state index contributed by atoms with van der Waals surface area (Å²) in [5.74, 6) is 0.569. The third-order valence-corrected chi connectivity index (χ3v) is 1.47. The van der Waals surface area contributed by atoms with E-state index < -0.39 is 0 Å². The van der Waals surface area contributed by atoms with Gasteiger partial charge in [-0.1, -0.05) is 12.2 Å². The Morgan fingerprint density at radius 1 is 1.75 bits per heavy atom. The minimum absolute atomic E-state index is 0.569. The quantitative estimate of drug-likeness (QED) is 0.412. The van der Waals surface area contributed by atoms with Crippen LogP contribution < -0.4 is 5.48 Å². The molecule has 0 aromatic rings. The molecule has 1 unspecified atom stereocenters. The first-order valence-electron chi connectivity index (χ1n) is 2.97. The Hall–Kier alpha value is -0.340. The molecule has 0 fully saturated rings. The van der Waals surface area contributed by atoms with Crippen molar-refractivity contribution < 1.29 is 5.21 Å². The summed E-state index contributed by atoms with van der Waals surface area (Å²) >= 11 is 0. The van der Waals surface area contributed by atoms with Crippen LogP contribution in [0.4, 0.5) is 0 Å². The Balaban J connectivity index is 2.16. The van der Waals surface area contributed by atoms with Gasteiger partial charge in [-0.2, -0.15) is 0 Å². The van der Waals surface area contributed by atoms with Crippen molar-refractivity contribution in [2.45, 2.75) is 12.8 Å². The summed E-state index contributed by atoms with van der Waals surface area (Å²) in [6.07, 6.45) is 6.66. The van der Waals surface area contributed by atoms with Crippen molar-refractivity contribution in [2.24, 2.45) is 5.92 Å². The van der Waals surface area contributed by atoms with Crippen LogP contribution in [0.2, 0.25) is 0 Å². The Labute approximate surface area is 49.2 Å². The highest BCUT2D eigenvalue weighted by Crippen LogP contribution is 2.14. The van der Waals surface area contributed by atoms with Crippen LogP contribution >= 0.6 is 0 Å². The fraction of sp³-hybridized carbons (Fsp3) is 0.667. The van der Waals surface area contributed by atoms with E-state index >= 15 is 0 Å². The van der Waals surface area contributed by atoms with E-state index in [1.165, 1.54) is 12.8 Å². The van der Waals surface area contributed by atoms with E-state index in [1.807, 2.05) is 0 Å². The normalized spacial score (nSPS) is 26.9. The predicted octanol–water partition coefficient (Wildman–Crippen LogP) is 0.931. The summed E-state index contributed by atoms with van der Waals surface area (Å²) < 4.78 is 0. The average molecular weight is 113 g/mol. The third kappa shape index (κ3) is 1.32. The molecule has 0 amide bonds. The molecule has 1 atom stereocenters. The number of hydrogen-bond acceptors (Lipinski definition) is 2. The zero-order chi connectivity index (χ0) is 5.82. The smallest absolute Gasteiger partial charge is 0.0270 e. The predicted molar refractivity (Wildman–Crippen MR) is 31.7 cm³/mol. The zero-order valence-corrected chi connectivity index (χ0v) is 4.80. The Morgan fingerprint density at radius 3 is 3.12 bits per heavy atom. The van der Waals surface area contributed by atoms with Crippen molar-refractivity contribution in [2.75, 3.05) is 6.54 Å². The van der Waals surface area contributed by atoms with Gasteiger partial charge in [0.1, 0.15) is 0 Å². The second kappa shape index (κ2) is 2.84. The molecular weight excluding hydrogens is 102 g/mol. The van der Waals surface area contributed by atoms with E-state index in [1.54, 1.807) is 0 Å². The summed E-state index contributed by atoms with van der Waals surface area (Å²) in [6.45, 7) is 0.705. The summed E-state index contributed by atoms with van der Waals surface area (Å²) in [7, 11) is 0. The second-order valence-corrected chi connectivity index (χ2v) is 2.13. The molecule has 1 rings (SSSR count). The van der Waals surface area contributed by atoms with E-state index in [-0.39, 0.29) is 0 Å². The van der Waals surface area contributed by atoms with Crippen molar-refractivity contribution in [1.29, 1.82) is 0 Å². The molecule has 0 bridgehead atoms. The third-order valence-electron chi connectivity index (χ3n) is 1.47. The highest BCUT2D eigenvalue weighted by Gasteiger charge is 2.06. The molecule has 0 aromatic heterocycles. The second-order valence-electron chi connectivity index (χ2n) is 2.13. The van der Waals surface area contributed by atoms with E-state index in [2.05, 4.69) is 17.6 Å². The molecule has 1 aliphatic rings. The summed E-state index contributed by atoms with van der Waals surface area (Å²) in [4.78, 5) is 0. The highest BCUT2D eigenvalue weighted by atomic mass is 16.5. The minimum Gasteiger partial charge on any atom is -0.317 e. The molecule has 0 aliphatic heterocycles. The molecule has 1 aliphatic carbocycles. The van der Waals surface area contributed by atoms with Gasteiger partial charge < -0.3 is 5.21 Å². The van der Waals surface area contributed by atoms with Crippen LogP contribution in [0.25, 0.3) is 0 Å². The zero-order valence-electron chi connectivity index (χ0n) is 4.80. The standard InChI is InChI=1S/C6H11NO/c8-7-5-6-3-1-2-4-6/h1,3,6-8H,2,4-5H2. The van der Waals surface area contributed by atoms with Gasteiger partial charge in [0.2, 0.25) is 0 Å². The number of hydrogen-bond donors (Lipinski definition) is 2. The van der Waals surface area contributed by atoms with Gasteiger partial charge in [0, 0.05) is 6.54 Å². The van der Waals surface area contributed by atoms with Crippen molar-refractivity contribution in [3.8, 4) is 0 Å². The average Bonchev–Trinajstić information content (AvgIpc) is 2.19. The van der Waals surface area contributed by atoms with Crippen LogP contribution in [0, 0.1) is 5.92 Å². The lowest BCUT2D eigenvalue weighted by molar-refractivity contribution is 0.155. The van der Waals surface area contributed by atoms with Gasteiger partial charge >= 0.3 is 0 Å². The molecule has 2 N–H and O–H groups in total. The molecule has 0 saturated heterocycles. The lowest BCUT2D eigenvalue weighted by atomic mass is 10.1. The Morgan fingerprint density at radius 2 is 2.62 bits per heavy atom. The first kappa shape index (κ1) is 5.79. The van der Waals surface area contributed by atoms with Crippen LogP contribution in [0.15, 0.2) is 12.2 Å². The monoisotopic (exact) mass is 113 g/mol. The fourth-order valence-electron chi connectivity index (χ4n) is 0.983. The molecule has 2 heteroatoms. The maximum Gasteiger partial charge on any atom is 0.0270 e. The van der Waals surface area contributed by atoms with Crippen molar-refractivity contribution in [1.82, 2.24) is 5.48 Å². The maximum absolute atomic E-state index is 8.24. The molecular formula is C6H11NO. The Kier molecular flexibility index (Phi) is 2.06. The van der Waals surface area contributed by atoms with Crippen LogP contribution in [-0.4, -0.2) is 11.8 Å². The first-order chi connectivity index (χ1) is 3.93. The van der Waals surface area contributed by atoms with Gasteiger partial charge in [0.25, 0.3) is 0 Å². The fourth-order valence-corrected chi connectivity index (χ4v) is 0.983. The number of hydroxylamine groups is 1. The van der Waals surface area contributed by atoms with Gasteiger partial charge in [-0.05, 0) is 18.8 Å². The molecule has 0 aromatic carbocycles. The molecule has 0 radical (unpaired) electrons. The molecule has 0 spiro atoms. The van der Waals surface area contributed by atoms with Crippen molar-refractivity contribution >= 4 is 0 Å². The van der Waals surface area contributed by atoms with E-state index in [4.69, 9.17) is 5.21 Å². The maximum atomic E-state index is 8.24. The lowest BCUT2D eigenvalue weighted by Gasteiger charge is -2.02. The van der Waals surface area contributed by atoms with Crippen molar-refractivity contribution in [3.05, 3.63) is 12.2 Å². The molecule has 2 nitrogen and oxygen atoms in total. The molecule has 46 valence electrons. The summed E-state index contributed by atoms with van der Waals surface area (Å²) in [5, 5.41) is 8.24. The Bertz CT molecular complexity index is 90.5. The van der Waals surface area contributed by atoms with Gasteiger partial charge in [0.15, 0.2) is 0 Å². The van der Waals surface area contributed by atoms with E-state index in [0.29, 0.717) is 12.5 Å². The van der Waals surface area contributed by atoms with Crippen LogP contribution in [0.5, 0.6) is 0 Å². The topological polar surface area (TPSA) is 32.3 Å². The van der Waals surface area contributed by atoms with Crippen LogP contribution in [0.3, 0.4) is 0 Å². The highest BCUT2D eigenvalue weighted by molar-refractivity contribution is 4.96. The summed E-state index contributed by atoms with van der Waals surface area (Å²) in [6, 6.07) is 0. The minimum atomic E-state index is 0.569. The SMILES string of the molecule is ONCC1C=CCC1. The van der Waals surface area contributed by atoms with Gasteiger partial charge in [-0.3, -0.25) is 0 Å². The molecule has 0 saturated carbocycles. The van der Waals surface area contributed by atoms with Gasteiger partial charge in [0.05, 0.1) is 0 Å². The first-order valence-corrected chi connectivity index (χ1v) is 2.97. The van der Waals surface area contributed by atoms with Crippen molar-refractivity contribution in [3.63, 3.8) is 0 Å². The van der Waals surface area contributed by atoms with Crippen LogP contribution in [0.1, 0.15) is 12.8 Å². The number of allylic oxidation sites excluding steroid dienone is 1. The molecule has 0 heterocycles. The lowest BCUT2D eigenvalue weighted by Crippen LogP contribution is -2.15.